The van der Waals surface area contributed by atoms with E-state index in [2.05, 4.69) is 9.80 Å². The number of nitrogens with zero attached hydrogens (tertiary/aromatic N) is 4. The van der Waals surface area contributed by atoms with Crippen LogP contribution in [-0.4, -0.2) is 108 Å². The molecule has 0 unspecified atom stereocenters. The second-order valence-electron chi connectivity index (χ2n) is 9.05. The third-order valence-corrected chi connectivity index (χ3v) is 10.3. The Balaban J connectivity index is 1.55. The van der Waals surface area contributed by atoms with Gasteiger partial charge in [0.1, 0.15) is 0 Å². The number of amides is 1. The summed E-state index contributed by atoms with van der Waals surface area (Å²) in [5, 5.41) is 0. The summed E-state index contributed by atoms with van der Waals surface area (Å²) < 4.78 is 50.2. The van der Waals surface area contributed by atoms with E-state index in [4.69, 9.17) is 0 Å². The summed E-state index contributed by atoms with van der Waals surface area (Å²) in [5.41, 5.74) is 1.21. The van der Waals surface area contributed by atoms with Crippen molar-refractivity contribution in [3.8, 4) is 0 Å². The van der Waals surface area contributed by atoms with Gasteiger partial charge in [0.25, 0.3) is 5.91 Å². The number of sulfonamides is 1. The van der Waals surface area contributed by atoms with Crippen LogP contribution < -0.4 is 4.90 Å². The fourth-order valence-corrected chi connectivity index (χ4v) is 7.51. The Hall–Kier alpha value is -1.69. The predicted octanol–water partition coefficient (Wildman–Crippen LogP) is 0.482. The molecule has 0 aromatic heterocycles. The topological polar surface area (TPSA) is 98.3 Å². The molecule has 1 atom stereocenters. The summed E-state index contributed by atoms with van der Waals surface area (Å²) in [6.07, 6.45) is 2.75. The lowest BCUT2D eigenvalue weighted by Gasteiger charge is -2.38. The van der Waals surface area contributed by atoms with Crippen LogP contribution in [-0.2, 0) is 19.9 Å². The molecule has 9 nitrogen and oxygen atoms in total. The van der Waals surface area contributed by atoms with Gasteiger partial charge in [0.2, 0.25) is 10.0 Å². The molecule has 3 fully saturated rings. The molecular weight excluding hydrogens is 452 g/mol. The van der Waals surface area contributed by atoms with Crippen molar-refractivity contribution in [2.45, 2.75) is 30.2 Å². The second-order valence-corrected chi connectivity index (χ2v) is 13.4. The van der Waals surface area contributed by atoms with Crippen LogP contribution in [0.2, 0.25) is 0 Å². The zero-order valence-corrected chi connectivity index (χ0v) is 20.4. The van der Waals surface area contributed by atoms with E-state index in [1.54, 1.807) is 17.0 Å². The van der Waals surface area contributed by atoms with E-state index in [-0.39, 0.29) is 28.4 Å². The quantitative estimate of drug-likeness (QED) is 0.600. The van der Waals surface area contributed by atoms with Crippen molar-refractivity contribution < 1.29 is 21.6 Å². The lowest BCUT2D eigenvalue weighted by molar-refractivity contribution is 0.0588. The molecule has 178 valence electrons. The first-order chi connectivity index (χ1) is 15.1. The van der Waals surface area contributed by atoms with Gasteiger partial charge >= 0.3 is 0 Å². The highest BCUT2D eigenvalue weighted by Crippen LogP contribution is 2.30. The van der Waals surface area contributed by atoms with Crippen molar-refractivity contribution in [1.82, 2.24) is 14.1 Å². The number of piperazine rings is 1. The molecular formula is C21H32N4O5S2. The highest BCUT2D eigenvalue weighted by atomic mass is 32.2. The number of anilines is 1. The average Bonchev–Trinajstić information content (AvgIpc) is 3.42. The first-order valence-corrected chi connectivity index (χ1v) is 14.4. The molecule has 3 aliphatic heterocycles. The van der Waals surface area contributed by atoms with Crippen LogP contribution in [0, 0.1) is 0 Å². The maximum absolute atomic E-state index is 13.5. The zero-order valence-electron chi connectivity index (χ0n) is 18.7. The Kier molecular flexibility index (Phi) is 6.54. The molecule has 3 saturated heterocycles. The van der Waals surface area contributed by atoms with Crippen molar-refractivity contribution in [1.29, 1.82) is 0 Å². The van der Waals surface area contributed by atoms with Gasteiger partial charge < -0.3 is 9.80 Å². The number of benzene rings is 1. The summed E-state index contributed by atoms with van der Waals surface area (Å²) in [5.74, 6) is 0.273. The van der Waals surface area contributed by atoms with E-state index in [0.29, 0.717) is 38.2 Å². The van der Waals surface area contributed by atoms with E-state index in [0.717, 1.165) is 35.9 Å². The molecule has 0 N–H and O–H groups in total. The Morgan fingerprint density at radius 2 is 1.69 bits per heavy atom. The van der Waals surface area contributed by atoms with Crippen LogP contribution in [0.25, 0.3) is 0 Å². The molecule has 0 aliphatic carbocycles. The van der Waals surface area contributed by atoms with Crippen LogP contribution in [0.15, 0.2) is 23.1 Å². The van der Waals surface area contributed by atoms with Gasteiger partial charge in [0.05, 0.1) is 22.0 Å². The maximum Gasteiger partial charge on any atom is 0.256 e. The van der Waals surface area contributed by atoms with Crippen LogP contribution >= 0.6 is 0 Å². The molecule has 0 saturated carbocycles. The van der Waals surface area contributed by atoms with Crippen LogP contribution in [0.4, 0.5) is 5.69 Å². The van der Waals surface area contributed by atoms with Gasteiger partial charge in [-0.1, -0.05) is 0 Å². The van der Waals surface area contributed by atoms with E-state index in [1.165, 1.54) is 20.2 Å². The smallest absolute Gasteiger partial charge is 0.256 e. The maximum atomic E-state index is 13.5. The summed E-state index contributed by atoms with van der Waals surface area (Å²) in [4.78, 5) is 19.7. The summed E-state index contributed by atoms with van der Waals surface area (Å²) in [6, 6.07) is 4.89. The van der Waals surface area contributed by atoms with E-state index in [1.807, 2.05) is 0 Å². The molecule has 4 rings (SSSR count). The fourth-order valence-electron chi connectivity index (χ4n) is 4.82. The number of sulfone groups is 1. The highest BCUT2D eigenvalue weighted by molar-refractivity contribution is 7.91. The number of hydrogen-bond acceptors (Lipinski definition) is 7. The Morgan fingerprint density at radius 1 is 1.03 bits per heavy atom. The van der Waals surface area contributed by atoms with E-state index in [9.17, 15) is 21.6 Å². The summed E-state index contributed by atoms with van der Waals surface area (Å²) in [7, 11) is -3.64. The molecule has 32 heavy (non-hydrogen) atoms. The monoisotopic (exact) mass is 484 g/mol. The third kappa shape index (κ3) is 4.66. The van der Waals surface area contributed by atoms with E-state index >= 15 is 0 Å². The number of rotatable bonds is 5. The molecule has 11 heteroatoms. The molecule has 0 radical (unpaired) electrons. The average molecular weight is 485 g/mol. The molecule has 0 spiro atoms. The molecule has 1 aromatic carbocycles. The summed E-state index contributed by atoms with van der Waals surface area (Å²) in [6.45, 7) is 3.95. The highest BCUT2D eigenvalue weighted by Gasteiger charge is 2.35. The van der Waals surface area contributed by atoms with Gasteiger partial charge in [-0.05, 0) is 37.5 Å². The Labute approximate surface area is 190 Å². The van der Waals surface area contributed by atoms with Gasteiger partial charge in [0.15, 0.2) is 9.84 Å². The van der Waals surface area contributed by atoms with E-state index < -0.39 is 19.9 Å². The van der Waals surface area contributed by atoms with Gasteiger partial charge in [0, 0.05) is 65.1 Å². The fraction of sp³-hybridized carbons (Fsp3) is 0.667. The molecule has 1 amide bonds. The lowest BCUT2D eigenvalue weighted by atomic mass is 10.1. The van der Waals surface area contributed by atoms with Gasteiger partial charge in [-0.3, -0.25) is 9.69 Å². The first-order valence-electron chi connectivity index (χ1n) is 11.1. The van der Waals surface area contributed by atoms with Gasteiger partial charge in [-0.15, -0.1) is 0 Å². The molecule has 1 aromatic rings. The van der Waals surface area contributed by atoms with Crippen LogP contribution in [0.5, 0.6) is 0 Å². The zero-order chi connectivity index (χ0) is 23.1. The van der Waals surface area contributed by atoms with Gasteiger partial charge in [-0.25, -0.2) is 21.1 Å². The number of carbonyl (C=O) groups excluding carboxylic acids is 1. The minimum atomic E-state index is -3.66. The SMILES string of the molecule is CN(C)S(=O)(=O)c1ccc(N2CCCC2)c(C(=O)N2CCN([C@@H]3CCS(=O)(=O)C3)CC2)c1. The van der Waals surface area contributed by atoms with Crippen molar-refractivity contribution in [3.63, 3.8) is 0 Å². The van der Waals surface area contributed by atoms with Crippen molar-refractivity contribution in [3.05, 3.63) is 23.8 Å². The summed E-state index contributed by atoms with van der Waals surface area (Å²) >= 11 is 0. The number of carbonyl (C=O) groups is 1. The minimum absolute atomic E-state index is 0.0333. The third-order valence-electron chi connectivity index (χ3n) is 6.75. The minimum Gasteiger partial charge on any atom is -0.371 e. The molecule has 3 heterocycles. The van der Waals surface area contributed by atoms with Gasteiger partial charge in [-0.2, -0.15) is 0 Å². The van der Waals surface area contributed by atoms with Crippen LogP contribution in [0.3, 0.4) is 0 Å². The van der Waals surface area contributed by atoms with Crippen molar-refractivity contribution in [2.75, 3.05) is 69.8 Å². The predicted molar refractivity (Wildman–Crippen MR) is 123 cm³/mol. The number of hydrogen-bond donors (Lipinski definition) is 0. The van der Waals surface area contributed by atoms with Crippen molar-refractivity contribution >= 4 is 31.5 Å². The Bertz CT molecular complexity index is 1070. The largest absolute Gasteiger partial charge is 0.371 e. The van der Waals surface area contributed by atoms with Crippen molar-refractivity contribution in [2.24, 2.45) is 0 Å². The second kappa shape index (κ2) is 8.92. The lowest BCUT2D eigenvalue weighted by Crippen LogP contribution is -2.52. The molecule has 3 aliphatic rings. The first kappa shape index (κ1) is 23.5. The Morgan fingerprint density at radius 3 is 2.25 bits per heavy atom. The standard InChI is InChI=1S/C21H32N4O5S2/c1-22(2)32(29,30)18-5-6-20(24-8-3-4-9-24)19(15-18)21(26)25-12-10-23(11-13-25)17-7-14-31(27,28)16-17/h5-6,15,17H,3-4,7-14,16H2,1-2H3/t17-/m1/s1. The van der Waals surface area contributed by atoms with Crippen LogP contribution in [0.1, 0.15) is 29.6 Å². The molecule has 0 bridgehead atoms. The normalized spacial score (nSPS) is 24.4.